The Hall–Kier alpha value is -2.64. The third kappa shape index (κ3) is 5.18. The maximum absolute atomic E-state index is 12.5. The highest BCUT2D eigenvalue weighted by Gasteiger charge is 2.26. The molecular formula is C20H22N2O4S. The van der Waals surface area contributed by atoms with Gasteiger partial charge in [-0.1, -0.05) is 30.3 Å². The average molecular weight is 386 g/mol. The lowest BCUT2D eigenvalue weighted by molar-refractivity contribution is -0.127. The van der Waals surface area contributed by atoms with Gasteiger partial charge in [-0.05, 0) is 36.8 Å². The van der Waals surface area contributed by atoms with Crippen molar-refractivity contribution in [2.75, 3.05) is 26.2 Å². The van der Waals surface area contributed by atoms with Gasteiger partial charge in [0.15, 0.2) is 0 Å². The molecule has 1 aliphatic rings. The molecule has 3 rings (SSSR count). The van der Waals surface area contributed by atoms with Gasteiger partial charge in [0, 0.05) is 37.7 Å². The molecule has 2 heterocycles. The van der Waals surface area contributed by atoms with E-state index in [0.29, 0.717) is 18.8 Å². The molecule has 1 saturated heterocycles. The molecule has 0 bridgehead atoms. The molecule has 1 fully saturated rings. The number of furan rings is 1. The van der Waals surface area contributed by atoms with Crippen LogP contribution in [0, 0.1) is 6.92 Å². The van der Waals surface area contributed by atoms with Gasteiger partial charge in [-0.2, -0.15) is 4.31 Å². The molecule has 0 aliphatic carbocycles. The minimum absolute atomic E-state index is 0.152. The van der Waals surface area contributed by atoms with Crippen LogP contribution >= 0.6 is 0 Å². The molecule has 0 radical (unpaired) electrons. The number of carbonyl (C=O) groups excluding carboxylic acids is 1. The van der Waals surface area contributed by atoms with Crippen molar-refractivity contribution < 1.29 is 17.6 Å². The minimum atomic E-state index is -3.50. The third-order valence-corrected chi connectivity index (χ3v) is 5.86. The Morgan fingerprint density at radius 1 is 1.00 bits per heavy atom. The summed E-state index contributed by atoms with van der Waals surface area (Å²) in [6.45, 7) is 3.12. The quantitative estimate of drug-likeness (QED) is 0.741. The van der Waals surface area contributed by atoms with Crippen LogP contribution in [0.3, 0.4) is 0 Å². The van der Waals surface area contributed by atoms with E-state index in [9.17, 15) is 13.2 Å². The van der Waals surface area contributed by atoms with Crippen LogP contribution < -0.4 is 0 Å². The van der Waals surface area contributed by atoms with Crippen molar-refractivity contribution in [3.63, 3.8) is 0 Å². The van der Waals surface area contributed by atoms with E-state index in [4.69, 9.17) is 4.42 Å². The van der Waals surface area contributed by atoms with E-state index < -0.39 is 10.0 Å². The van der Waals surface area contributed by atoms with Gasteiger partial charge in [0.1, 0.15) is 11.5 Å². The first-order valence-electron chi connectivity index (χ1n) is 8.71. The van der Waals surface area contributed by atoms with Crippen LogP contribution in [0.5, 0.6) is 0 Å². The zero-order chi connectivity index (χ0) is 19.3. The molecule has 1 aromatic carbocycles. The fraction of sp³-hybridized carbons (Fsp3) is 0.250. The number of piperazine rings is 1. The van der Waals surface area contributed by atoms with Crippen LogP contribution in [-0.2, 0) is 14.8 Å². The number of amides is 1. The van der Waals surface area contributed by atoms with E-state index in [0.717, 1.165) is 11.3 Å². The molecule has 1 aromatic heterocycles. The highest BCUT2D eigenvalue weighted by Crippen LogP contribution is 2.13. The molecule has 142 valence electrons. The third-order valence-electron chi connectivity index (χ3n) is 4.29. The van der Waals surface area contributed by atoms with Gasteiger partial charge >= 0.3 is 0 Å². The van der Waals surface area contributed by atoms with E-state index in [1.54, 1.807) is 23.1 Å². The fourth-order valence-electron chi connectivity index (χ4n) is 2.78. The SMILES string of the molecule is Cc1ccc(/C=C\C(=O)N2CCN(S(=O)(=O)/C=C\c3ccccc3)CC2)o1. The molecule has 6 nitrogen and oxygen atoms in total. The summed E-state index contributed by atoms with van der Waals surface area (Å²) in [6, 6.07) is 12.9. The zero-order valence-electron chi connectivity index (χ0n) is 15.1. The maximum atomic E-state index is 12.5. The summed E-state index contributed by atoms with van der Waals surface area (Å²) in [5.41, 5.74) is 0.827. The molecule has 0 atom stereocenters. The topological polar surface area (TPSA) is 70.8 Å². The number of benzene rings is 1. The van der Waals surface area contributed by atoms with Crippen LogP contribution in [0.2, 0.25) is 0 Å². The summed E-state index contributed by atoms with van der Waals surface area (Å²) in [4.78, 5) is 13.9. The average Bonchev–Trinajstić information content (AvgIpc) is 3.11. The lowest BCUT2D eigenvalue weighted by Gasteiger charge is -2.32. The molecule has 27 heavy (non-hydrogen) atoms. The summed E-state index contributed by atoms with van der Waals surface area (Å²) in [6.07, 6.45) is 4.67. The second-order valence-electron chi connectivity index (χ2n) is 6.26. The summed E-state index contributed by atoms with van der Waals surface area (Å²) in [5.74, 6) is 1.25. The van der Waals surface area contributed by atoms with Crippen molar-refractivity contribution in [2.45, 2.75) is 6.92 Å². The van der Waals surface area contributed by atoms with Gasteiger partial charge in [-0.25, -0.2) is 8.42 Å². The maximum Gasteiger partial charge on any atom is 0.246 e. The smallest absolute Gasteiger partial charge is 0.246 e. The summed E-state index contributed by atoms with van der Waals surface area (Å²) < 4.78 is 31.7. The van der Waals surface area contributed by atoms with Crippen LogP contribution in [0.4, 0.5) is 0 Å². The van der Waals surface area contributed by atoms with Gasteiger partial charge in [0.2, 0.25) is 15.9 Å². The van der Waals surface area contributed by atoms with Crippen molar-refractivity contribution in [1.82, 2.24) is 9.21 Å². The van der Waals surface area contributed by atoms with Crippen molar-refractivity contribution in [1.29, 1.82) is 0 Å². The number of hydrogen-bond acceptors (Lipinski definition) is 4. The minimum Gasteiger partial charge on any atom is -0.462 e. The fourth-order valence-corrected chi connectivity index (χ4v) is 3.95. The van der Waals surface area contributed by atoms with E-state index in [1.807, 2.05) is 43.3 Å². The lowest BCUT2D eigenvalue weighted by atomic mass is 10.2. The molecule has 0 N–H and O–H groups in total. The van der Waals surface area contributed by atoms with Gasteiger partial charge in [0.25, 0.3) is 0 Å². The summed E-state index contributed by atoms with van der Waals surface area (Å²) >= 11 is 0. The highest BCUT2D eigenvalue weighted by atomic mass is 32.2. The van der Waals surface area contributed by atoms with Crippen molar-refractivity contribution in [2.24, 2.45) is 0 Å². The highest BCUT2D eigenvalue weighted by molar-refractivity contribution is 7.92. The number of carbonyl (C=O) groups is 1. The Bertz CT molecular complexity index is 937. The normalized spacial score (nSPS) is 16.4. The van der Waals surface area contributed by atoms with E-state index in [2.05, 4.69) is 0 Å². The van der Waals surface area contributed by atoms with Crippen LogP contribution in [0.25, 0.3) is 12.2 Å². The number of sulfonamides is 1. The van der Waals surface area contributed by atoms with Gasteiger partial charge in [0.05, 0.1) is 0 Å². The molecule has 1 amide bonds. The molecule has 0 unspecified atom stereocenters. The zero-order valence-corrected chi connectivity index (χ0v) is 15.9. The molecule has 7 heteroatoms. The van der Waals surface area contributed by atoms with Crippen LogP contribution in [0.15, 0.2) is 58.4 Å². The first kappa shape index (κ1) is 19.1. The van der Waals surface area contributed by atoms with Crippen LogP contribution in [0.1, 0.15) is 17.1 Å². The van der Waals surface area contributed by atoms with Gasteiger partial charge < -0.3 is 9.32 Å². The molecule has 1 aliphatic heterocycles. The molecule has 2 aromatic rings. The number of nitrogens with zero attached hydrogens (tertiary/aromatic N) is 2. The Morgan fingerprint density at radius 3 is 2.33 bits per heavy atom. The largest absolute Gasteiger partial charge is 0.462 e. The molecule has 0 saturated carbocycles. The van der Waals surface area contributed by atoms with Crippen molar-refractivity contribution >= 4 is 28.1 Å². The predicted molar refractivity (Wildman–Crippen MR) is 105 cm³/mol. The number of rotatable bonds is 5. The van der Waals surface area contributed by atoms with Crippen molar-refractivity contribution in [3.05, 3.63) is 71.0 Å². The predicted octanol–water partition coefficient (Wildman–Crippen LogP) is 2.75. The van der Waals surface area contributed by atoms with E-state index >= 15 is 0 Å². The van der Waals surface area contributed by atoms with Crippen molar-refractivity contribution in [3.8, 4) is 0 Å². The van der Waals surface area contributed by atoms with Gasteiger partial charge in [-0.15, -0.1) is 0 Å². The first-order chi connectivity index (χ1) is 12.9. The summed E-state index contributed by atoms with van der Waals surface area (Å²) in [7, 11) is -3.50. The van der Waals surface area contributed by atoms with Gasteiger partial charge in [-0.3, -0.25) is 4.79 Å². The number of aryl methyl sites for hydroxylation is 1. The summed E-state index contributed by atoms with van der Waals surface area (Å²) in [5, 5.41) is 1.22. The lowest BCUT2D eigenvalue weighted by Crippen LogP contribution is -2.49. The second-order valence-corrected chi connectivity index (χ2v) is 8.08. The second kappa shape index (κ2) is 8.37. The Kier molecular flexibility index (Phi) is 5.93. The van der Waals surface area contributed by atoms with Crippen LogP contribution in [-0.4, -0.2) is 49.7 Å². The Balaban J connectivity index is 1.55. The monoisotopic (exact) mass is 386 g/mol. The molecule has 0 spiro atoms. The number of hydrogen-bond donors (Lipinski definition) is 0. The Morgan fingerprint density at radius 2 is 1.70 bits per heavy atom. The van der Waals surface area contributed by atoms with E-state index in [-0.39, 0.29) is 19.0 Å². The van der Waals surface area contributed by atoms with E-state index in [1.165, 1.54) is 15.8 Å². The standard InChI is InChI=1S/C20H22N2O4S/c1-17-7-8-19(26-17)9-10-20(23)21-12-14-22(15-13-21)27(24,25)16-11-18-5-3-2-4-6-18/h2-11,16H,12-15H2,1H3/b10-9-,16-11-. The Labute approximate surface area is 159 Å². The first-order valence-corrected chi connectivity index (χ1v) is 10.2. The molecular weight excluding hydrogens is 364 g/mol.